The molecule has 0 radical (unpaired) electrons. The van der Waals surface area contributed by atoms with E-state index >= 15 is 0 Å². The van der Waals surface area contributed by atoms with Crippen molar-refractivity contribution in [2.24, 2.45) is 0 Å². The zero-order valence-electron chi connectivity index (χ0n) is 9.87. The lowest BCUT2D eigenvalue weighted by atomic mass is 10.2. The number of hydrogen-bond donors (Lipinski definition) is 1. The predicted molar refractivity (Wildman–Crippen MR) is 65.6 cm³/mol. The van der Waals surface area contributed by atoms with Crippen molar-refractivity contribution in [1.29, 1.82) is 0 Å². The summed E-state index contributed by atoms with van der Waals surface area (Å²) in [5.41, 5.74) is 0.793. The molecule has 0 aliphatic carbocycles. The fourth-order valence-corrected chi connectivity index (χ4v) is 1.44. The Morgan fingerprint density at radius 1 is 1.44 bits per heavy atom. The molecule has 1 aromatic heterocycles. The molecule has 0 aliphatic rings. The van der Waals surface area contributed by atoms with Gasteiger partial charge in [0.25, 0.3) is 0 Å². The van der Waals surface area contributed by atoms with E-state index in [1.807, 2.05) is 12.1 Å². The molecule has 18 heavy (non-hydrogen) atoms. The number of pyridine rings is 1. The average Bonchev–Trinajstić information content (AvgIpc) is 2.36. The van der Waals surface area contributed by atoms with Gasteiger partial charge < -0.3 is 10.0 Å². The van der Waals surface area contributed by atoms with Crippen LogP contribution in [0.1, 0.15) is 12.1 Å². The van der Waals surface area contributed by atoms with Gasteiger partial charge in [0.05, 0.1) is 6.54 Å². The number of aromatic nitrogens is 1. The zero-order valence-corrected chi connectivity index (χ0v) is 9.87. The lowest BCUT2D eigenvalue weighted by Crippen LogP contribution is -2.36. The minimum atomic E-state index is -1.07. The van der Waals surface area contributed by atoms with Crippen molar-refractivity contribution in [2.45, 2.75) is 12.8 Å². The van der Waals surface area contributed by atoms with Gasteiger partial charge in [-0.1, -0.05) is 12.0 Å². The minimum absolute atomic E-state index is 0.00729. The fourth-order valence-electron chi connectivity index (χ4n) is 1.44. The molecule has 0 atom stereocenters. The largest absolute Gasteiger partial charge is 0.480 e. The molecule has 0 aromatic carbocycles. The maximum atomic E-state index is 11.8. The molecule has 0 fully saturated rings. The van der Waals surface area contributed by atoms with E-state index in [1.165, 1.54) is 0 Å². The standard InChI is InChI=1S/C13H14N2O3/c1-2-9-15(10-13(17)18)12(16)7-6-11-5-3-4-8-14-11/h1,3-5,8H,6-7,9-10H2,(H,17,18). The summed E-state index contributed by atoms with van der Waals surface area (Å²) in [5.74, 6) is 0.929. The second-order valence-electron chi connectivity index (χ2n) is 3.67. The Kier molecular flexibility index (Phi) is 5.39. The lowest BCUT2D eigenvalue weighted by molar-refractivity contribution is -0.144. The summed E-state index contributed by atoms with van der Waals surface area (Å²) in [6, 6.07) is 5.44. The highest BCUT2D eigenvalue weighted by atomic mass is 16.4. The number of nitrogens with zero attached hydrogens (tertiary/aromatic N) is 2. The molecule has 1 rings (SSSR count). The van der Waals surface area contributed by atoms with Gasteiger partial charge in [-0.05, 0) is 18.6 Å². The molecule has 0 unspecified atom stereocenters. The van der Waals surface area contributed by atoms with Crippen molar-refractivity contribution < 1.29 is 14.7 Å². The minimum Gasteiger partial charge on any atom is -0.480 e. The van der Waals surface area contributed by atoms with Gasteiger partial charge in [0.15, 0.2) is 0 Å². The summed E-state index contributed by atoms with van der Waals surface area (Å²) in [6.45, 7) is -0.362. The molecule has 0 spiro atoms. The summed E-state index contributed by atoms with van der Waals surface area (Å²) >= 11 is 0. The van der Waals surface area contributed by atoms with Crippen molar-refractivity contribution >= 4 is 11.9 Å². The summed E-state index contributed by atoms with van der Waals surface area (Å²) < 4.78 is 0. The van der Waals surface area contributed by atoms with Crippen LogP contribution >= 0.6 is 0 Å². The van der Waals surface area contributed by atoms with E-state index in [0.29, 0.717) is 6.42 Å². The van der Waals surface area contributed by atoms with Crippen molar-refractivity contribution in [3.63, 3.8) is 0 Å². The van der Waals surface area contributed by atoms with Crippen LogP contribution < -0.4 is 0 Å². The third-order valence-corrected chi connectivity index (χ3v) is 2.28. The summed E-state index contributed by atoms with van der Waals surface area (Å²) in [6.07, 6.45) is 7.42. The number of amides is 1. The molecule has 0 aliphatic heterocycles. The van der Waals surface area contributed by atoms with Gasteiger partial charge >= 0.3 is 5.97 Å². The summed E-state index contributed by atoms with van der Waals surface area (Å²) in [5, 5.41) is 8.67. The average molecular weight is 246 g/mol. The predicted octanol–water partition coefficient (Wildman–Crippen LogP) is 0.561. The van der Waals surface area contributed by atoms with Gasteiger partial charge in [-0.2, -0.15) is 0 Å². The Morgan fingerprint density at radius 2 is 2.22 bits per heavy atom. The van der Waals surface area contributed by atoms with Gasteiger partial charge in [-0.25, -0.2) is 0 Å². The molecule has 5 heteroatoms. The van der Waals surface area contributed by atoms with Crippen LogP contribution in [0, 0.1) is 12.3 Å². The SMILES string of the molecule is C#CCN(CC(=O)O)C(=O)CCc1ccccn1. The Balaban J connectivity index is 2.52. The van der Waals surface area contributed by atoms with Crippen molar-refractivity contribution in [3.8, 4) is 12.3 Å². The number of terminal acetylenes is 1. The summed E-state index contributed by atoms with van der Waals surface area (Å²) in [4.78, 5) is 27.6. The number of carbonyl (C=O) groups excluding carboxylic acids is 1. The fraction of sp³-hybridized carbons (Fsp3) is 0.308. The molecular weight excluding hydrogens is 232 g/mol. The molecule has 0 bridgehead atoms. The van der Waals surface area contributed by atoms with E-state index in [2.05, 4.69) is 10.9 Å². The number of carboxylic acid groups (broad SMARTS) is 1. The number of aliphatic carboxylic acids is 1. The topological polar surface area (TPSA) is 70.5 Å². The second kappa shape index (κ2) is 7.07. The zero-order chi connectivity index (χ0) is 13.4. The van der Waals surface area contributed by atoms with Crippen molar-refractivity contribution in [2.75, 3.05) is 13.1 Å². The third-order valence-electron chi connectivity index (χ3n) is 2.28. The maximum Gasteiger partial charge on any atom is 0.323 e. The number of rotatable bonds is 6. The third kappa shape index (κ3) is 4.66. The molecule has 1 aromatic rings. The van der Waals surface area contributed by atoms with Gasteiger partial charge in [0.1, 0.15) is 6.54 Å². The van der Waals surface area contributed by atoms with Crippen LogP contribution in [0.5, 0.6) is 0 Å². The van der Waals surface area contributed by atoms with Crippen LogP contribution in [-0.4, -0.2) is 40.0 Å². The highest BCUT2D eigenvalue weighted by Gasteiger charge is 2.15. The molecule has 1 amide bonds. The number of carboxylic acids is 1. The van der Waals surface area contributed by atoms with Crippen LogP contribution in [0.2, 0.25) is 0 Å². The number of aryl methyl sites for hydroxylation is 1. The van der Waals surface area contributed by atoms with Gasteiger partial charge in [-0.15, -0.1) is 6.42 Å². The Morgan fingerprint density at radius 3 is 2.78 bits per heavy atom. The smallest absolute Gasteiger partial charge is 0.323 e. The first kappa shape index (κ1) is 13.7. The quantitative estimate of drug-likeness (QED) is 0.744. The van der Waals surface area contributed by atoms with Crippen molar-refractivity contribution in [1.82, 2.24) is 9.88 Å². The normalized spacial score (nSPS) is 9.50. The molecule has 0 saturated heterocycles. The molecule has 94 valence electrons. The molecule has 5 nitrogen and oxygen atoms in total. The van der Waals surface area contributed by atoms with Crippen LogP contribution in [0.15, 0.2) is 24.4 Å². The molecule has 0 saturated carbocycles. The van der Waals surface area contributed by atoms with Gasteiger partial charge in [0.2, 0.25) is 5.91 Å². The van der Waals surface area contributed by atoms with Gasteiger partial charge in [-0.3, -0.25) is 14.6 Å². The molecule has 1 heterocycles. The van der Waals surface area contributed by atoms with Crippen LogP contribution in [-0.2, 0) is 16.0 Å². The first-order chi connectivity index (χ1) is 8.63. The number of hydrogen-bond acceptors (Lipinski definition) is 3. The maximum absolute atomic E-state index is 11.8. The van der Waals surface area contributed by atoms with E-state index in [4.69, 9.17) is 11.5 Å². The van der Waals surface area contributed by atoms with E-state index in [0.717, 1.165) is 10.6 Å². The first-order valence-electron chi connectivity index (χ1n) is 5.46. The number of carbonyl (C=O) groups is 2. The Labute approximate surface area is 105 Å². The lowest BCUT2D eigenvalue weighted by Gasteiger charge is -2.17. The Bertz CT molecular complexity index is 451. The van der Waals surface area contributed by atoms with Crippen LogP contribution in [0.3, 0.4) is 0 Å². The monoisotopic (exact) mass is 246 g/mol. The van der Waals surface area contributed by atoms with E-state index in [9.17, 15) is 9.59 Å². The second-order valence-corrected chi connectivity index (χ2v) is 3.67. The summed E-state index contributed by atoms with van der Waals surface area (Å²) in [7, 11) is 0. The van der Waals surface area contributed by atoms with Crippen LogP contribution in [0.25, 0.3) is 0 Å². The Hall–Kier alpha value is -2.35. The molecule has 1 N–H and O–H groups in total. The van der Waals surface area contributed by atoms with E-state index in [1.54, 1.807) is 12.3 Å². The van der Waals surface area contributed by atoms with Gasteiger partial charge in [0, 0.05) is 18.3 Å². The van der Waals surface area contributed by atoms with E-state index in [-0.39, 0.29) is 25.4 Å². The highest BCUT2D eigenvalue weighted by molar-refractivity contribution is 5.81. The van der Waals surface area contributed by atoms with E-state index < -0.39 is 5.97 Å². The van der Waals surface area contributed by atoms with Crippen molar-refractivity contribution in [3.05, 3.63) is 30.1 Å². The van der Waals surface area contributed by atoms with Crippen LogP contribution in [0.4, 0.5) is 0 Å². The first-order valence-corrected chi connectivity index (χ1v) is 5.46. The highest BCUT2D eigenvalue weighted by Crippen LogP contribution is 2.02. The molecular formula is C13H14N2O3.